The van der Waals surface area contributed by atoms with Gasteiger partial charge in [0.2, 0.25) is 10.0 Å². The second-order valence-corrected chi connectivity index (χ2v) is 8.45. The van der Waals surface area contributed by atoms with Gasteiger partial charge in [0.15, 0.2) is 0 Å². The predicted molar refractivity (Wildman–Crippen MR) is 91.5 cm³/mol. The van der Waals surface area contributed by atoms with Crippen LogP contribution in [0.1, 0.15) is 39.2 Å². The fourth-order valence-corrected chi connectivity index (χ4v) is 4.13. The molecule has 1 aromatic rings. The molecule has 5 nitrogen and oxygen atoms in total. The van der Waals surface area contributed by atoms with Crippen molar-refractivity contribution in [3.8, 4) is 0 Å². The van der Waals surface area contributed by atoms with Gasteiger partial charge >= 0.3 is 0 Å². The maximum Gasteiger partial charge on any atom is 0.241 e. The van der Waals surface area contributed by atoms with Crippen LogP contribution in [0.4, 0.5) is 0 Å². The lowest BCUT2D eigenvalue weighted by atomic mass is 10.1. The predicted octanol–water partition coefficient (Wildman–Crippen LogP) is 2.55. The average molecular weight is 338 g/mol. The Morgan fingerprint density at radius 2 is 2.00 bits per heavy atom. The number of allylic oxidation sites excluding steroid dienone is 1. The van der Waals surface area contributed by atoms with Crippen LogP contribution in [0, 0.1) is 0 Å². The van der Waals surface area contributed by atoms with Crippen molar-refractivity contribution in [1.29, 1.82) is 0 Å². The van der Waals surface area contributed by atoms with Crippen molar-refractivity contribution in [2.75, 3.05) is 6.54 Å². The van der Waals surface area contributed by atoms with Crippen LogP contribution in [-0.2, 0) is 21.3 Å². The molecule has 1 unspecified atom stereocenters. The molecule has 0 bridgehead atoms. The van der Waals surface area contributed by atoms with Gasteiger partial charge in [-0.2, -0.15) is 0 Å². The topological polar surface area (TPSA) is 67.4 Å². The minimum Gasteiger partial charge on any atom is -0.497 e. The van der Waals surface area contributed by atoms with Crippen molar-refractivity contribution in [3.05, 3.63) is 42.2 Å². The molecule has 6 heteroatoms. The molecule has 1 aliphatic rings. The zero-order chi connectivity index (χ0) is 16.9. The van der Waals surface area contributed by atoms with Crippen molar-refractivity contribution in [3.63, 3.8) is 0 Å². The largest absolute Gasteiger partial charge is 0.497 e. The molecule has 0 spiro atoms. The Morgan fingerprint density at radius 3 is 2.65 bits per heavy atom. The monoisotopic (exact) mass is 338 g/mol. The Hall–Kier alpha value is -1.37. The first-order valence-electron chi connectivity index (χ1n) is 7.91. The number of benzene rings is 1. The zero-order valence-electron chi connectivity index (χ0n) is 14.0. The first kappa shape index (κ1) is 18.0. The quantitative estimate of drug-likeness (QED) is 0.836. The molecule has 1 atom stereocenters. The van der Waals surface area contributed by atoms with E-state index in [2.05, 4.69) is 10.0 Å². The molecule has 23 heavy (non-hydrogen) atoms. The van der Waals surface area contributed by atoms with Crippen molar-refractivity contribution >= 4 is 10.0 Å². The van der Waals surface area contributed by atoms with Crippen LogP contribution < -0.4 is 10.0 Å². The van der Waals surface area contributed by atoms with E-state index in [0.29, 0.717) is 18.0 Å². The van der Waals surface area contributed by atoms with Gasteiger partial charge in [0.05, 0.1) is 11.2 Å². The Kier molecular flexibility index (Phi) is 5.84. The van der Waals surface area contributed by atoms with Crippen LogP contribution in [0.15, 0.2) is 41.5 Å². The summed E-state index contributed by atoms with van der Waals surface area (Å²) in [4.78, 5) is 0.326. The summed E-state index contributed by atoms with van der Waals surface area (Å²) < 4.78 is 33.3. The molecule has 1 heterocycles. The van der Waals surface area contributed by atoms with Crippen LogP contribution in [0.3, 0.4) is 0 Å². The number of sulfonamides is 1. The van der Waals surface area contributed by atoms with Crippen molar-refractivity contribution in [1.82, 2.24) is 10.0 Å². The molecule has 2 rings (SSSR count). The summed E-state index contributed by atoms with van der Waals surface area (Å²) in [5.41, 5.74) is 0.248. The van der Waals surface area contributed by atoms with Gasteiger partial charge in [-0.15, -0.1) is 0 Å². The Morgan fingerprint density at radius 1 is 1.26 bits per heavy atom. The van der Waals surface area contributed by atoms with Gasteiger partial charge in [-0.1, -0.05) is 18.2 Å². The van der Waals surface area contributed by atoms with Gasteiger partial charge in [-0.25, -0.2) is 13.1 Å². The standard InChI is InChI=1S/C17H26N2O3S/c1-17(2,3)19-23(20,21)16-10-5-4-8-14(16)12-18-13-15-9-6-7-11-22-15/h4-5,7-8,10-11,15,18-19H,6,9,12-13H2,1-3H3. The van der Waals surface area contributed by atoms with Gasteiger partial charge in [-0.05, 0) is 51.3 Å². The van der Waals surface area contributed by atoms with E-state index in [9.17, 15) is 8.42 Å². The van der Waals surface area contributed by atoms with Gasteiger partial charge in [-0.3, -0.25) is 0 Å². The summed E-state index contributed by atoms with van der Waals surface area (Å²) in [6, 6.07) is 7.08. The van der Waals surface area contributed by atoms with E-state index in [0.717, 1.165) is 18.4 Å². The van der Waals surface area contributed by atoms with Crippen molar-refractivity contribution in [2.45, 2.75) is 56.7 Å². The Bertz CT molecular complexity index is 648. The molecule has 1 aliphatic heterocycles. The highest BCUT2D eigenvalue weighted by atomic mass is 32.2. The average Bonchev–Trinajstić information content (AvgIpc) is 2.46. The third-order valence-corrected chi connectivity index (χ3v) is 5.27. The summed E-state index contributed by atoms with van der Waals surface area (Å²) in [7, 11) is -3.54. The molecule has 0 fully saturated rings. The highest BCUT2D eigenvalue weighted by molar-refractivity contribution is 7.89. The van der Waals surface area contributed by atoms with Gasteiger partial charge in [0.25, 0.3) is 0 Å². The van der Waals surface area contributed by atoms with E-state index in [1.165, 1.54) is 0 Å². The third kappa shape index (κ3) is 5.64. The van der Waals surface area contributed by atoms with Crippen molar-refractivity contribution < 1.29 is 13.2 Å². The van der Waals surface area contributed by atoms with Gasteiger partial charge in [0, 0.05) is 18.6 Å². The number of nitrogens with one attached hydrogen (secondary N) is 2. The van der Waals surface area contributed by atoms with E-state index in [-0.39, 0.29) is 6.10 Å². The van der Waals surface area contributed by atoms with Crippen LogP contribution in [0.2, 0.25) is 0 Å². The highest BCUT2D eigenvalue weighted by Gasteiger charge is 2.24. The van der Waals surface area contributed by atoms with E-state index >= 15 is 0 Å². The lowest BCUT2D eigenvalue weighted by Gasteiger charge is -2.22. The Labute approximate surface area is 139 Å². The van der Waals surface area contributed by atoms with Crippen molar-refractivity contribution in [2.24, 2.45) is 0 Å². The van der Waals surface area contributed by atoms with Gasteiger partial charge < -0.3 is 10.1 Å². The first-order chi connectivity index (χ1) is 10.8. The number of ether oxygens (including phenoxy) is 1. The summed E-state index contributed by atoms with van der Waals surface area (Å²) in [5, 5.41) is 3.30. The van der Waals surface area contributed by atoms with E-state index in [1.807, 2.05) is 39.0 Å². The molecule has 0 aromatic heterocycles. The van der Waals surface area contributed by atoms with Crippen LogP contribution >= 0.6 is 0 Å². The number of hydrogen-bond acceptors (Lipinski definition) is 4. The molecular weight excluding hydrogens is 312 g/mol. The maximum atomic E-state index is 12.6. The minimum atomic E-state index is -3.54. The fourth-order valence-electron chi connectivity index (χ4n) is 2.47. The smallest absolute Gasteiger partial charge is 0.241 e. The molecule has 0 saturated heterocycles. The number of rotatable bonds is 6. The Balaban J connectivity index is 2.04. The summed E-state index contributed by atoms with van der Waals surface area (Å²) >= 11 is 0. The lowest BCUT2D eigenvalue weighted by Crippen LogP contribution is -2.41. The fraction of sp³-hybridized carbons (Fsp3) is 0.529. The molecule has 128 valence electrons. The molecule has 0 amide bonds. The minimum absolute atomic E-state index is 0.150. The van der Waals surface area contributed by atoms with Crippen LogP contribution in [0.5, 0.6) is 0 Å². The zero-order valence-corrected chi connectivity index (χ0v) is 14.8. The third-order valence-electron chi connectivity index (χ3n) is 3.41. The normalized spacial score (nSPS) is 18.7. The lowest BCUT2D eigenvalue weighted by molar-refractivity contribution is 0.122. The van der Waals surface area contributed by atoms with E-state index in [4.69, 9.17) is 4.74 Å². The molecule has 0 radical (unpaired) electrons. The molecular formula is C17H26N2O3S. The van der Waals surface area contributed by atoms with Gasteiger partial charge in [0.1, 0.15) is 6.10 Å². The maximum absolute atomic E-state index is 12.6. The van der Waals surface area contributed by atoms with Crippen LogP contribution in [-0.4, -0.2) is 26.6 Å². The summed E-state index contributed by atoms with van der Waals surface area (Å²) in [5.74, 6) is 0. The molecule has 1 aromatic carbocycles. The summed E-state index contributed by atoms with van der Waals surface area (Å²) in [6.45, 7) is 6.69. The molecule has 0 aliphatic carbocycles. The van der Waals surface area contributed by atoms with Crippen LogP contribution in [0.25, 0.3) is 0 Å². The second-order valence-electron chi connectivity index (χ2n) is 6.80. The molecule has 2 N–H and O–H groups in total. The van der Waals surface area contributed by atoms with E-state index < -0.39 is 15.6 Å². The van der Waals surface area contributed by atoms with E-state index in [1.54, 1.807) is 18.4 Å². The second kappa shape index (κ2) is 7.47. The summed E-state index contributed by atoms with van der Waals surface area (Å²) in [6.07, 6.45) is 5.90. The molecule has 0 saturated carbocycles. The highest BCUT2D eigenvalue weighted by Crippen LogP contribution is 2.18. The number of hydrogen-bond donors (Lipinski definition) is 2. The first-order valence-corrected chi connectivity index (χ1v) is 9.39. The SMILES string of the molecule is CC(C)(C)NS(=O)(=O)c1ccccc1CNCC1CCC=CO1.